The minimum Gasteiger partial charge on any atom is -0.271 e. The molecule has 0 fully saturated rings. The van der Waals surface area contributed by atoms with Crippen molar-refractivity contribution >= 4 is 11.5 Å². The van der Waals surface area contributed by atoms with E-state index >= 15 is 0 Å². The van der Waals surface area contributed by atoms with Crippen LogP contribution in [0.4, 0.5) is 13.2 Å². The van der Waals surface area contributed by atoms with Gasteiger partial charge in [0.15, 0.2) is 0 Å². The van der Waals surface area contributed by atoms with Crippen LogP contribution in [0.1, 0.15) is 22.0 Å². The third-order valence-corrected chi connectivity index (χ3v) is 3.03. The van der Waals surface area contributed by atoms with E-state index in [9.17, 15) is 13.2 Å². The van der Waals surface area contributed by atoms with Crippen molar-refractivity contribution in [2.45, 2.75) is 12.2 Å². The van der Waals surface area contributed by atoms with Crippen molar-refractivity contribution in [2.24, 2.45) is 5.84 Å². The molecule has 0 saturated heterocycles. The Morgan fingerprint density at radius 3 is 2.67 bits per heavy atom. The number of hydrazine groups is 1. The average Bonchev–Trinajstić information content (AvgIpc) is 2.83. The van der Waals surface area contributed by atoms with Gasteiger partial charge in [-0.05, 0) is 17.6 Å². The Morgan fingerprint density at radius 2 is 2.11 bits per heavy atom. The number of alkyl halides is 3. The van der Waals surface area contributed by atoms with E-state index in [2.05, 4.69) is 20.0 Å². The van der Waals surface area contributed by atoms with E-state index < -0.39 is 17.8 Å². The quantitative estimate of drug-likeness (QED) is 0.656. The predicted molar refractivity (Wildman–Crippen MR) is 58.3 cm³/mol. The van der Waals surface area contributed by atoms with Gasteiger partial charge in [-0.25, -0.2) is 5.43 Å². The Balaban J connectivity index is 2.50. The number of halogens is 3. The summed E-state index contributed by atoms with van der Waals surface area (Å²) >= 11 is 0.971. The zero-order chi connectivity index (χ0) is 13.2. The molecule has 0 radical (unpaired) electrons. The number of hydrogen-bond acceptors (Lipinski definition) is 6. The lowest BCUT2D eigenvalue weighted by Crippen LogP contribution is -2.30. The van der Waals surface area contributed by atoms with Gasteiger partial charge in [0.2, 0.25) is 0 Å². The number of pyridine rings is 1. The summed E-state index contributed by atoms with van der Waals surface area (Å²) in [5.74, 6) is 5.31. The Labute approximate surface area is 104 Å². The zero-order valence-electron chi connectivity index (χ0n) is 8.85. The van der Waals surface area contributed by atoms with Crippen LogP contribution in [-0.2, 0) is 6.18 Å². The van der Waals surface area contributed by atoms with Crippen LogP contribution in [0.15, 0.2) is 24.7 Å². The van der Waals surface area contributed by atoms with Gasteiger partial charge in [-0.2, -0.15) is 13.2 Å². The molecule has 5 nitrogen and oxygen atoms in total. The second-order valence-electron chi connectivity index (χ2n) is 3.38. The maximum absolute atomic E-state index is 12.9. The fourth-order valence-electron chi connectivity index (χ4n) is 1.52. The van der Waals surface area contributed by atoms with Crippen LogP contribution in [0, 0.1) is 0 Å². The molecule has 2 aromatic rings. The molecule has 0 aromatic carbocycles. The van der Waals surface area contributed by atoms with E-state index in [0.29, 0.717) is 4.88 Å². The van der Waals surface area contributed by atoms with Gasteiger partial charge in [0, 0.05) is 18.0 Å². The van der Waals surface area contributed by atoms with Gasteiger partial charge in [0.1, 0.15) is 0 Å². The van der Waals surface area contributed by atoms with Crippen molar-refractivity contribution in [3.8, 4) is 0 Å². The summed E-state index contributed by atoms with van der Waals surface area (Å²) in [5.41, 5.74) is 1.48. The van der Waals surface area contributed by atoms with Crippen molar-refractivity contribution < 1.29 is 13.2 Å². The van der Waals surface area contributed by atoms with Crippen molar-refractivity contribution in [3.05, 3.63) is 40.7 Å². The Hall–Kier alpha value is -1.58. The second kappa shape index (κ2) is 4.96. The van der Waals surface area contributed by atoms with Crippen molar-refractivity contribution in [1.29, 1.82) is 0 Å². The number of rotatable bonds is 3. The summed E-state index contributed by atoms with van der Waals surface area (Å²) in [6.07, 6.45) is -0.883. The monoisotopic (exact) mass is 275 g/mol. The van der Waals surface area contributed by atoms with E-state index in [1.165, 1.54) is 6.20 Å². The molecule has 0 amide bonds. The summed E-state index contributed by atoms with van der Waals surface area (Å²) in [4.78, 5) is 4.19. The maximum atomic E-state index is 12.9. The van der Waals surface area contributed by atoms with Gasteiger partial charge in [0.25, 0.3) is 0 Å². The fraction of sp³-hybridized carbons (Fsp3) is 0.222. The number of nitrogens with one attached hydrogen (secondary N) is 1. The third-order valence-electron chi connectivity index (χ3n) is 2.30. The lowest BCUT2D eigenvalue weighted by Gasteiger charge is -2.18. The molecule has 0 spiro atoms. The number of nitrogens with zero attached hydrogens (tertiary/aromatic N) is 3. The predicted octanol–water partition coefficient (Wildman–Crippen LogP) is 1.50. The average molecular weight is 275 g/mol. The lowest BCUT2D eigenvalue weighted by molar-refractivity contribution is -0.138. The molecule has 9 heteroatoms. The zero-order valence-corrected chi connectivity index (χ0v) is 9.66. The maximum Gasteiger partial charge on any atom is 0.416 e. The van der Waals surface area contributed by atoms with Crippen LogP contribution >= 0.6 is 11.5 Å². The molecule has 0 aliphatic heterocycles. The number of aromatic nitrogens is 3. The lowest BCUT2D eigenvalue weighted by atomic mass is 10.0. The van der Waals surface area contributed by atoms with E-state index in [0.717, 1.165) is 30.0 Å². The number of nitrogens with two attached hydrogens (primary N) is 1. The molecule has 2 heterocycles. The van der Waals surface area contributed by atoms with E-state index in [1.54, 1.807) is 0 Å². The van der Waals surface area contributed by atoms with E-state index in [4.69, 9.17) is 5.84 Å². The van der Waals surface area contributed by atoms with Crippen LogP contribution in [0.3, 0.4) is 0 Å². The SMILES string of the molecule is NNC(c1cnns1)c1cnccc1C(F)(F)F. The first kappa shape index (κ1) is 12.9. The first-order chi connectivity index (χ1) is 8.54. The normalized spacial score (nSPS) is 13.6. The molecule has 1 atom stereocenters. The second-order valence-corrected chi connectivity index (χ2v) is 4.20. The summed E-state index contributed by atoms with van der Waals surface area (Å²) in [6, 6.07) is 0.0732. The molecular formula is C9H8F3N5S. The van der Waals surface area contributed by atoms with Crippen molar-refractivity contribution in [1.82, 2.24) is 20.0 Å². The molecule has 0 saturated carbocycles. The molecule has 0 aliphatic carbocycles. The van der Waals surface area contributed by atoms with E-state index in [1.807, 2.05) is 0 Å². The van der Waals surface area contributed by atoms with Gasteiger partial charge < -0.3 is 0 Å². The molecule has 96 valence electrons. The van der Waals surface area contributed by atoms with Crippen LogP contribution in [0.5, 0.6) is 0 Å². The molecular weight excluding hydrogens is 267 g/mol. The van der Waals surface area contributed by atoms with E-state index in [-0.39, 0.29) is 5.56 Å². The molecule has 0 aliphatic rings. The standard InChI is InChI=1S/C9H8F3N5S/c10-9(11,12)6-1-2-14-3-5(6)8(16-13)7-4-15-17-18-7/h1-4,8,16H,13H2. The van der Waals surface area contributed by atoms with Gasteiger partial charge >= 0.3 is 6.18 Å². The highest BCUT2D eigenvalue weighted by Gasteiger charge is 2.35. The van der Waals surface area contributed by atoms with Crippen LogP contribution in [0.2, 0.25) is 0 Å². The minimum atomic E-state index is -4.47. The molecule has 3 N–H and O–H groups in total. The fourth-order valence-corrected chi connectivity index (χ4v) is 2.11. The summed E-state index contributed by atoms with van der Waals surface area (Å²) < 4.78 is 42.2. The highest BCUT2D eigenvalue weighted by molar-refractivity contribution is 7.05. The highest BCUT2D eigenvalue weighted by atomic mass is 32.1. The van der Waals surface area contributed by atoms with Gasteiger partial charge in [-0.15, -0.1) is 5.10 Å². The minimum absolute atomic E-state index is 0.0569. The number of hydrogen-bond donors (Lipinski definition) is 2. The van der Waals surface area contributed by atoms with Crippen molar-refractivity contribution in [2.75, 3.05) is 0 Å². The largest absolute Gasteiger partial charge is 0.416 e. The molecule has 2 aromatic heterocycles. The van der Waals surface area contributed by atoms with Gasteiger partial charge in [-0.1, -0.05) is 4.49 Å². The molecule has 1 unspecified atom stereocenters. The van der Waals surface area contributed by atoms with Gasteiger partial charge in [0.05, 0.1) is 22.7 Å². The highest BCUT2D eigenvalue weighted by Crippen LogP contribution is 2.36. The summed E-state index contributed by atoms with van der Waals surface area (Å²) in [6.45, 7) is 0. The Kier molecular flexibility index (Phi) is 3.55. The molecule has 0 bridgehead atoms. The van der Waals surface area contributed by atoms with Crippen LogP contribution < -0.4 is 11.3 Å². The third kappa shape index (κ3) is 2.47. The van der Waals surface area contributed by atoms with Gasteiger partial charge in [-0.3, -0.25) is 10.8 Å². The Morgan fingerprint density at radius 1 is 1.33 bits per heavy atom. The van der Waals surface area contributed by atoms with Crippen LogP contribution in [0.25, 0.3) is 0 Å². The first-order valence-corrected chi connectivity index (χ1v) is 5.56. The van der Waals surface area contributed by atoms with Crippen molar-refractivity contribution in [3.63, 3.8) is 0 Å². The van der Waals surface area contributed by atoms with Crippen LogP contribution in [-0.4, -0.2) is 14.6 Å². The molecule has 2 rings (SSSR count). The topological polar surface area (TPSA) is 76.7 Å². The first-order valence-electron chi connectivity index (χ1n) is 4.78. The molecule has 18 heavy (non-hydrogen) atoms. The Bertz CT molecular complexity index is 513. The summed E-state index contributed by atoms with van der Waals surface area (Å²) in [7, 11) is 0. The summed E-state index contributed by atoms with van der Waals surface area (Å²) in [5, 5.41) is 3.58. The smallest absolute Gasteiger partial charge is 0.271 e.